The Hall–Kier alpha value is -1.73. The minimum absolute atomic E-state index is 0.213. The lowest BCUT2D eigenvalue weighted by Crippen LogP contribution is -2.37. The van der Waals surface area contributed by atoms with Gasteiger partial charge in [-0.1, -0.05) is 6.42 Å². The lowest BCUT2D eigenvalue weighted by molar-refractivity contribution is -0.0625. The summed E-state index contributed by atoms with van der Waals surface area (Å²) in [4.78, 5) is 20.3. The van der Waals surface area contributed by atoms with Crippen molar-refractivity contribution in [2.75, 3.05) is 12.3 Å². The predicted octanol–water partition coefficient (Wildman–Crippen LogP) is 2.70. The average Bonchev–Trinajstić information content (AvgIpc) is 3.20. The summed E-state index contributed by atoms with van der Waals surface area (Å²) in [6.07, 6.45) is 1.23. The van der Waals surface area contributed by atoms with E-state index in [1.54, 1.807) is 6.20 Å². The number of hydrogen-bond donors (Lipinski definition) is 2. The number of alkyl halides is 1. The maximum absolute atomic E-state index is 15.3. The molecule has 1 saturated carbocycles. The van der Waals surface area contributed by atoms with Gasteiger partial charge in [-0.15, -0.1) is 0 Å². The van der Waals surface area contributed by atoms with E-state index in [1.807, 2.05) is 0 Å². The molecule has 2 aromatic rings. The number of nitrogen functional groups attached to an aromatic ring is 1. The van der Waals surface area contributed by atoms with Gasteiger partial charge in [-0.05, 0) is 48.3 Å². The molecule has 11 heteroatoms. The zero-order valence-electron chi connectivity index (χ0n) is 15.5. The van der Waals surface area contributed by atoms with Crippen LogP contribution in [0.15, 0.2) is 12.5 Å². The van der Waals surface area contributed by atoms with E-state index in [0.717, 1.165) is 35.7 Å². The SMILES string of the molecule is Nc1ncnc2c1c(I)cn2[C@@H]1O[C@H](CO)[C@@H](OC(=O)OC2CCCCC2)[C@@H]1F. The number of aromatic nitrogens is 3. The van der Waals surface area contributed by atoms with E-state index < -0.39 is 37.4 Å². The molecule has 3 heterocycles. The van der Waals surface area contributed by atoms with Crippen LogP contribution in [0.2, 0.25) is 0 Å². The Kier molecular flexibility index (Phi) is 6.06. The van der Waals surface area contributed by atoms with Crippen LogP contribution in [0.1, 0.15) is 38.3 Å². The first-order chi connectivity index (χ1) is 14.0. The molecule has 4 rings (SSSR count). The molecule has 4 atom stereocenters. The lowest BCUT2D eigenvalue weighted by atomic mass is 9.98. The molecule has 2 aromatic heterocycles. The molecule has 1 saturated heterocycles. The van der Waals surface area contributed by atoms with Crippen LogP contribution in [0, 0.1) is 3.57 Å². The molecule has 0 unspecified atom stereocenters. The lowest BCUT2D eigenvalue weighted by Gasteiger charge is -2.23. The van der Waals surface area contributed by atoms with Crippen LogP contribution in [0.4, 0.5) is 15.0 Å². The molecule has 158 valence electrons. The number of hydrogen-bond acceptors (Lipinski definition) is 8. The van der Waals surface area contributed by atoms with Gasteiger partial charge in [0.25, 0.3) is 0 Å². The molecule has 2 aliphatic rings. The summed E-state index contributed by atoms with van der Waals surface area (Å²) in [5, 5.41) is 10.2. The third kappa shape index (κ3) is 3.99. The Labute approximate surface area is 179 Å². The number of nitrogens with two attached hydrogens (primary N) is 1. The first-order valence-electron chi connectivity index (χ1n) is 9.53. The Morgan fingerprint density at radius 2 is 2.10 bits per heavy atom. The molecular formula is C18H22FIN4O5. The fourth-order valence-corrected chi connectivity index (χ4v) is 4.74. The molecule has 0 aromatic carbocycles. The molecule has 0 bridgehead atoms. The topological polar surface area (TPSA) is 122 Å². The van der Waals surface area contributed by atoms with Gasteiger partial charge in [-0.3, -0.25) is 0 Å². The predicted molar refractivity (Wildman–Crippen MR) is 109 cm³/mol. The molecule has 3 N–H and O–H groups in total. The normalized spacial score (nSPS) is 28.0. The molecule has 0 spiro atoms. The summed E-state index contributed by atoms with van der Waals surface area (Å²) < 4.78 is 33.7. The number of rotatable bonds is 4. The van der Waals surface area contributed by atoms with E-state index in [1.165, 1.54) is 10.9 Å². The van der Waals surface area contributed by atoms with Crippen molar-refractivity contribution < 1.29 is 28.5 Å². The molecule has 2 fully saturated rings. The van der Waals surface area contributed by atoms with Crippen LogP contribution in [-0.4, -0.2) is 56.9 Å². The van der Waals surface area contributed by atoms with Crippen molar-refractivity contribution in [3.05, 3.63) is 16.1 Å². The van der Waals surface area contributed by atoms with Gasteiger partial charge >= 0.3 is 6.16 Å². The Morgan fingerprint density at radius 1 is 1.34 bits per heavy atom. The number of aliphatic hydroxyl groups excluding tert-OH is 1. The van der Waals surface area contributed by atoms with Crippen molar-refractivity contribution in [3.63, 3.8) is 0 Å². The minimum atomic E-state index is -1.73. The average molecular weight is 520 g/mol. The maximum Gasteiger partial charge on any atom is 0.509 e. The Bertz CT molecular complexity index is 891. The molecule has 0 radical (unpaired) electrons. The molecule has 0 amide bonds. The molecule has 9 nitrogen and oxygen atoms in total. The number of fused-ring (bicyclic) bond motifs is 1. The third-order valence-corrected chi connectivity index (χ3v) is 6.18. The van der Waals surface area contributed by atoms with Gasteiger partial charge in [-0.2, -0.15) is 0 Å². The first kappa shape index (κ1) is 20.5. The standard InChI is InChI=1S/C18H22FIN4O5/c19-13-14(29-18(26)27-9-4-2-1-3-5-9)11(7-25)28-17(13)24-6-10(20)12-15(21)22-8-23-16(12)24/h6,8-9,11,13-14,17,25H,1-5,7H2,(H2,21,22,23)/t11-,13+,14-,17-/m1/s1. The van der Waals surface area contributed by atoms with Gasteiger partial charge in [0.05, 0.1) is 12.0 Å². The van der Waals surface area contributed by atoms with E-state index in [-0.39, 0.29) is 11.9 Å². The highest BCUT2D eigenvalue weighted by atomic mass is 127. The second-order valence-corrected chi connectivity index (χ2v) is 8.41. The smallest absolute Gasteiger partial charge is 0.431 e. The van der Waals surface area contributed by atoms with E-state index in [9.17, 15) is 9.90 Å². The summed E-state index contributed by atoms with van der Waals surface area (Å²) in [7, 11) is 0. The maximum atomic E-state index is 15.3. The summed E-state index contributed by atoms with van der Waals surface area (Å²) in [5.41, 5.74) is 6.31. The number of halogens is 2. The van der Waals surface area contributed by atoms with Gasteiger partial charge in [0.1, 0.15) is 30.0 Å². The van der Waals surface area contributed by atoms with Crippen molar-refractivity contribution in [2.24, 2.45) is 0 Å². The van der Waals surface area contributed by atoms with Gasteiger partial charge in [0, 0.05) is 9.77 Å². The van der Waals surface area contributed by atoms with Crippen LogP contribution in [0.3, 0.4) is 0 Å². The minimum Gasteiger partial charge on any atom is -0.431 e. The zero-order chi connectivity index (χ0) is 20.5. The highest BCUT2D eigenvalue weighted by molar-refractivity contribution is 14.1. The fourth-order valence-electron chi connectivity index (χ4n) is 3.92. The molecule has 1 aliphatic heterocycles. The van der Waals surface area contributed by atoms with E-state index in [4.69, 9.17) is 19.9 Å². The Balaban J connectivity index is 1.52. The van der Waals surface area contributed by atoms with Crippen molar-refractivity contribution in [3.8, 4) is 0 Å². The molecule has 1 aliphatic carbocycles. The van der Waals surface area contributed by atoms with Gasteiger partial charge in [0.2, 0.25) is 0 Å². The quantitative estimate of drug-likeness (QED) is 0.467. The number of aliphatic hydroxyl groups is 1. The van der Waals surface area contributed by atoms with Crippen LogP contribution in [0.25, 0.3) is 11.0 Å². The van der Waals surface area contributed by atoms with Crippen molar-refractivity contribution in [2.45, 2.75) is 62.8 Å². The van der Waals surface area contributed by atoms with E-state index in [0.29, 0.717) is 11.0 Å². The zero-order valence-corrected chi connectivity index (χ0v) is 17.7. The van der Waals surface area contributed by atoms with Crippen LogP contribution >= 0.6 is 22.6 Å². The van der Waals surface area contributed by atoms with Crippen LogP contribution in [0.5, 0.6) is 0 Å². The number of nitrogens with zero attached hydrogens (tertiary/aromatic N) is 3. The van der Waals surface area contributed by atoms with Crippen LogP contribution < -0.4 is 5.73 Å². The highest BCUT2D eigenvalue weighted by Crippen LogP contribution is 2.38. The van der Waals surface area contributed by atoms with Gasteiger partial charge < -0.3 is 29.6 Å². The number of ether oxygens (including phenoxy) is 3. The van der Waals surface area contributed by atoms with Crippen molar-refractivity contribution >= 4 is 45.6 Å². The summed E-state index contributed by atoms with van der Waals surface area (Å²) >= 11 is 2.05. The second-order valence-electron chi connectivity index (χ2n) is 7.24. The largest absolute Gasteiger partial charge is 0.509 e. The number of anilines is 1. The number of carbonyl (C=O) groups excluding carboxylic acids is 1. The van der Waals surface area contributed by atoms with Gasteiger partial charge in [0.15, 0.2) is 18.5 Å². The summed E-state index contributed by atoms with van der Waals surface area (Å²) in [5.74, 6) is 0.272. The van der Waals surface area contributed by atoms with E-state index >= 15 is 4.39 Å². The van der Waals surface area contributed by atoms with Crippen molar-refractivity contribution in [1.82, 2.24) is 14.5 Å². The van der Waals surface area contributed by atoms with Gasteiger partial charge in [-0.25, -0.2) is 19.2 Å². The van der Waals surface area contributed by atoms with E-state index in [2.05, 4.69) is 32.6 Å². The summed E-state index contributed by atoms with van der Waals surface area (Å²) in [6.45, 7) is -0.508. The Morgan fingerprint density at radius 3 is 2.83 bits per heavy atom. The first-order valence-corrected chi connectivity index (χ1v) is 10.6. The fraction of sp³-hybridized carbons (Fsp3) is 0.611. The van der Waals surface area contributed by atoms with Crippen LogP contribution in [-0.2, 0) is 14.2 Å². The second kappa shape index (κ2) is 8.56. The number of carbonyl (C=O) groups is 1. The van der Waals surface area contributed by atoms with Crippen molar-refractivity contribution in [1.29, 1.82) is 0 Å². The molecular weight excluding hydrogens is 498 g/mol. The summed E-state index contributed by atoms with van der Waals surface area (Å²) in [6, 6.07) is 0. The monoisotopic (exact) mass is 520 g/mol. The molecule has 29 heavy (non-hydrogen) atoms. The third-order valence-electron chi connectivity index (χ3n) is 5.36. The highest BCUT2D eigenvalue weighted by Gasteiger charge is 2.49.